The molecule has 4 aromatic rings. The van der Waals surface area contributed by atoms with Crippen LogP contribution in [0.15, 0.2) is 108 Å². The van der Waals surface area contributed by atoms with Crippen molar-refractivity contribution in [3.05, 3.63) is 125 Å². The van der Waals surface area contributed by atoms with Gasteiger partial charge in [-0.1, -0.05) is 66.7 Å². The van der Waals surface area contributed by atoms with Crippen molar-refractivity contribution in [1.29, 1.82) is 0 Å². The van der Waals surface area contributed by atoms with E-state index in [0.717, 1.165) is 16.0 Å². The molecule has 0 aromatic heterocycles. The number of benzene rings is 4. The van der Waals surface area contributed by atoms with Gasteiger partial charge in [-0.3, -0.25) is 9.59 Å². The van der Waals surface area contributed by atoms with Crippen molar-refractivity contribution >= 4 is 40.9 Å². The highest BCUT2D eigenvalue weighted by molar-refractivity contribution is 8.00. The van der Waals surface area contributed by atoms with Gasteiger partial charge in [-0.2, -0.15) is 0 Å². The number of nitrogens with one attached hydrogen (secondary N) is 2. The minimum atomic E-state index is -0.616. The van der Waals surface area contributed by atoms with E-state index in [-0.39, 0.29) is 17.4 Å². The SMILES string of the molecule is COC(=O)c1ccccc1NC(=O)C(Sc1cccc(NC(=O)c2ccccc2C)c1)c1ccccc1. The van der Waals surface area contributed by atoms with Gasteiger partial charge < -0.3 is 15.4 Å². The Bertz CT molecular complexity index is 1420. The predicted molar refractivity (Wildman–Crippen MR) is 147 cm³/mol. The van der Waals surface area contributed by atoms with Gasteiger partial charge in [0, 0.05) is 16.1 Å². The summed E-state index contributed by atoms with van der Waals surface area (Å²) in [4.78, 5) is 39.3. The fraction of sp³-hybridized carbons (Fsp3) is 0.100. The molecule has 0 bridgehead atoms. The molecule has 0 saturated heterocycles. The Morgan fingerprint density at radius 2 is 1.43 bits per heavy atom. The molecule has 7 heteroatoms. The summed E-state index contributed by atoms with van der Waals surface area (Å²) in [5, 5.41) is 5.22. The molecule has 0 aliphatic heterocycles. The molecule has 0 fully saturated rings. The molecule has 37 heavy (non-hydrogen) atoms. The number of carbonyl (C=O) groups excluding carboxylic acids is 3. The summed E-state index contributed by atoms with van der Waals surface area (Å²) in [5.41, 5.74) is 3.57. The van der Waals surface area contributed by atoms with Crippen LogP contribution in [0.5, 0.6) is 0 Å². The molecule has 0 spiro atoms. The Kier molecular flexibility index (Phi) is 8.38. The molecule has 2 amide bonds. The highest BCUT2D eigenvalue weighted by Gasteiger charge is 2.24. The zero-order valence-electron chi connectivity index (χ0n) is 20.4. The van der Waals surface area contributed by atoms with Gasteiger partial charge in [-0.25, -0.2) is 4.79 Å². The second-order valence-corrected chi connectivity index (χ2v) is 9.41. The van der Waals surface area contributed by atoms with Gasteiger partial charge in [0.1, 0.15) is 5.25 Å². The lowest BCUT2D eigenvalue weighted by Gasteiger charge is -2.18. The van der Waals surface area contributed by atoms with Gasteiger partial charge in [0.15, 0.2) is 0 Å². The molecule has 6 nitrogen and oxygen atoms in total. The number of para-hydroxylation sites is 1. The molecule has 0 saturated carbocycles. The van der Waals surface area contributed by atoms with Crippen LogP contribution in [0.25, 0.3) is 0 Å². The van der Waals surface area contributed by atoms with E-state index in [0.29, 0.717) is 16.9 Å². The summed E-state index contributed by atoms with van der Waals surface area (Å²) in [6.07, 6.45) is 0. The Morgan fingerprint density at radius 3 is 2.16 bits per heavy atom. The Labute approximate surface area is 220 Å². The molecule has 186 valence electrons. The van der Waals surface area contributed by atoms with Crippen molar-refractivity contribution in [3.63, 3.8) is 0 Å². The van der Waals surface area contributed by atoms with E-state index in [4.69, 9.17) is 4.74 Å². The summed E-state index contributed by atoms with van der Waals surface area (Å²) in [5.74, 6) is -1.02. The number of carbonyl (C=O) groups is 3. The number of amides is 2. The normalized spacial score (nSPS) is 11.3. The van der Waals surface area contributed by atoms with E-state index >= 15 is 0 Å². The van der Waals surface area contributed by atoms with E-state index < -0.39 is 11.2 Å². The van der Waals surface area contributed by atoms with Crippen molar-refractivity contribution in [3.8, 4) is 0 Å². The molecule has 2 N–H and O–H groups in total. The molecule has 0 radical (unpaired) electrons. The van der Waals surface area contributed by atoms with Gasteiger partial charge in [0.2, 0.25) is 5.91 Å². The van der Waals surface area contributed by atoms with E-state index in [2.05, 4.69) is 10.6 Å². The molecule has 0 aliphatic rings. The van der Waals surface area contributed by atoms with Crippen molar-refractivity contribution in [2.75, 3.05) is 17.7 Å². The van der Waals surface area contributed by atoms with Crippen LogP contribution in [0.2, 0.25) is 0 Å². The maximum atomic E-state index is 13.5. The van der Waals surface area contributed by atoms with Gasteiger partial charge in [0.25, 0.3) is 5.91 Å². The number of esters is 1. The monoisotopic (exact) mass is 510 g/mol. The average molecular weight is 511 g/mol. The number of hydrogen-bond acceptors (Lipinski definition) is 5. The van der Waals surface area contributed by atoms with E-state index in [1.165, 1.54) is 18.9 Å². The summed E-state index contributed by atoms with van der Waals surface area (Å²) in [6, 6.07) is 30.9. The average Bonchev–Trinajstić information content (AvgIpc) is 2.92. The van der Waals surface area contributed by atoms with Gasteiger partial charge in [-0.15, -0.1) is 11.8 Å². The number of methoxy groups -OCH3 is 1. The van der Waals surface area contributed by atoms with Crippen molar-refractivity contribution in [2.24, 2.45) is 0 Å². The van der Waals surface area contributed by atoms with Gasteiger partial charge >= 0.3 is 5.97 Å². The highest BCUT2D eigenvalue weighted by atomic mass is 32.2. The molecule has 4 aromatic carbocycles. The minimum absolute atomic E-state index is 0.197. The quantitative estimate of drug-likeness (QED) is 0.209. The predicted octanol–water partition coefficient (Wildman–Crippen LogP) is 6.51. The van der Waals surface area contributed by atoms with Gasteiger partial charge in [0.05, 0.1) is 18.4 Å². The van der Waals surface area contributed by atoms with Crippen LogP contribution in [0, 0.1) is 6.92 Å². The topological polar surface area (TPSA) is 84.5 Å². The summed E-state index contributed by atoms with van der Waals surface area (Å²) in [6.45, 7) is 1.89. The third kappa shape index (κ3) is 6.45. The highest BCUT2D eigenvalue weighted by Crippen LogP contribution is 2.37. The van der Waals surface area contributed by atoms with Crippen LogP contribution in [-0.2, 0) is 9.53 Å². The first-order chi connectivity index (χ1) is 18.0. The number of rotatable bonds is 8. The second kappa shape index (κ2) is 12.1. The molecular weight excluding hydrogens is 484 g/mol. The number of aryl methyl sites for hydroxylation is 1. The molecule has 1 atom stereocenters. The number of hydrogen-bond donors (Lipinski definition) is 2. The molecule has 0 heterocycles. The van der Waals surface area contributed by atoms with E-state index in [1.807, 2.05) is 79.7 Å². The summed E-state index contributed by atoms with van der Waals surface area (Å²) in [7, 11) is 1.30. The zero-order valence-corrected chi connectivity index (χ0v) is 21.3. The molecular formula is C30H26N2O4S. The van der Waals surface area contributed by atoms with Crippen LogP contribution in [0.1, 0.15) is 37.1 Å². The lowest BCUT2D eigenvalue weighted by Crippen LogP contribution is -2.21. The number of ether oxygens (including phenoxy) is 1. The lowest BCUT2D eigenvalue weighted by atomic mass is 10.1. The smallest absolute Gasteiger partial charge is 0.339 e. The maximum Gasteiger partial charge on any atom is 0.339 e. The van der Waals surface area contributed by atoms with Gasteiger partial charge in [-0.05, 0) is 54.4 Å². The Balaban J connectivity index is 1.58. The third-order valence-corrected chi connectivity index (χ3v) is 6.91. The standard InChI is InChI=1S/C30H26N2O4S/c1-20-11-6-7-16-24(20)28(33)31-22-14-10-15-23(19-22)37-27(21-12-4-3-5-13-21)29(34)32-26-18-9-8-17-25(26)30(35)36-2/h3-19,27H,1-2H3,(H,31,33)(H,32,34). The molecule has 4 rings (SSSR count). The largest absolute Gasteiger partial charge is 0.465 e. The third-order valence-electron chi connectivity index (χ3n) is 5.67. The van der Waals surface area contributed by atoms with Crippen molar-refractivity contribution < 1.29 is 19.1 Å². The van der Waals surface area contributed by atoms with E-state index in [9.17, 15) is 14.4 Å². The first-order valence-electron chi connectivity index (χ1n) is 11.6. The first kappa shape index (κ1) is 25.7. The Morgan fingerprint density at radius 1 is 0.757 bits per heavy atom. The zero-order chi connectivity index (χ0) is 26.2. The van der Waals surface area contributed by atoms with Crippen molar-refractivity contribution in [2.45, 2.75) is 17.1 Å². The number of thioether (sulfide) groups is 1. The number of anilines is 2. The van der Waals surface area contributed by atoms with Crippen LogP contribution in [0.3, 0.4) is 0 Å². The van der Waals surface area contributed by atoms with E-state index in [1.54, 1.807) is 30.3 Å². The Hall–Kier alpha value is -4.36. The minimum Gasteiger partial charge on any atom is -0.465 e. The van der Waals surface area contributed by atoms with Crippen LogP contribution in [-0.4, -0.2) is 24.9 Å². The first-order valence-corrected chi connectivity index (χ1v) is 12.5. The van der Waals surface area contributed by atoms with Crippen LogP contribution >= 0.6 is 11.8 Å². The maximum absolute atomic E-state index is 13.5. The summed E-state index contributed by atoms with van der Waals surface area (Å²) >= 11 is 1.35. The fourth-order valence-corrected chi connectivity index (χ4v) is 4.87. The summed E-state index contributed by atoms with van der Waals surface area (Å²) < 4.78 is 4.85. The van der Waals surface area contributed by atoms with Crippen LogP contribution < -0.4 is 10.6 Å². The molecule has 1 unspecified atom stereocenters. The second-order valence-electron chi connectivity index (χ2n) is 8.23. The van der Waals surface area contributed by atoms with Crippen LogP contribution in [0.4, 0.5) is 11.4 Å². The fourth-order valence-electron chi connectivity index (χ4n) is 3.79. The molecule has 0 aliphatic carbocycles. The lowest BCUT2D eigenvalue weighted by molar-refractivity contribution is -0.115. The van der Waals surface area contributed by atoms with Crippen molar-refractivity contribution in [1.82, 2.24) is 0 Å².